The molecule has 0 nitrogen and oxygen atoms in total. The molecule has 2 heterocycles. The van der Waals surface area contributed by atoms with Crippen molar-refractivity contribution in [1.29, 1.82) is 0 Å². The van der Waals surface area contributed by atoms with E-state index in [-0.39, 0.29) is 0 Å². The van der Waals surface area contributed by atoms with Crippen LogP contribution in [0.4, 0.5) is 0 Å². The molecule has 0 aliphatic rings. The van der Waals surface area contributed by atoms with Crippen LogP contribution < -0.4 is 0 Å². The molecule has 0 saturated carbocycles. The summed E-state index contributed by atoms with van der Waals surface area (Å²) in [4.78, 5) is 0. The van der Waals surface area contributed by atoms with Gasteiger partial charge in [0.25, 0.3) is 0 Å². The van der Waals surface area contributed by atoms with Crippen LogP contribution in [0, 0.1) is 13.8 Å². The van der Waals surface area contributed by atoms with Crippen molar-refractivity contribution >= 4 is 63.0 Å². The van der Waals surface area contributed by atoms with Crippen LogP contribution in [0.1, 0.15) is 25.0 Å². The molecule has 0 N–H and O–H groups in total. The Bertz CT molecular complexity index is 1320. The maximum Gasteiger partial charge on any atom is 0.0355 e. The highest BCUT2D eigenvalue weighted by atomic mass is 32.1. The van der Waals surface area contributed by atoms with E-state index >= 15 is 0 Å². The lowest BCUT2D eigenvalue weighted by Gasteiger charge is -1.92. The molecule has 0 unspecified atom stereocenters. The van der Waals surface area contributed by atoms with Crippen molar-refractivity contribution in [2.24, 2.45) is 0 Å². The Labute approximate surface area is 186 Å². The molecule has 0 bridgehead atoms. The molecule has 150 valence electrons. The van der Waals surface area contributed by atoms with Crippen LogP contribution in [-0.2, 0) is 0 Å². The Morgan fingerprint density at radius 3 is 1.23 bits per heavy atom. The molecule has 6 rings (SSSR count). The average molecular weight is 427 g/mol. The van der Waals surface area contributed by atoms with E-state index in [0.29, 0.717) is 0 Å². The minimum atomic E-state index is 1.33. The van der Waals surface area contributed by atoms with Crippen LogP contribution in [0.3, 0.4) is 0 Å². The SMILES string of the molecule is CC.Cc1ccc2sc3ccccc3c2c1.Cc1ccc2sc3ccccc3c2c1. The summed E-state index contributed by atoms with van der Waals surface area (Å²) >= 11 is 3.74. The molecule has 0 aliphatic heterocycles. The minimum absolute atomic E-state index is 1.33. The van der Waals surface area contributed by atoms with Crippen LogP contribution in [0.25, 0.3) is 40.3 Å². The molecule has 0 atom stereocenters. The lowest BCUT2D eigenvalue weighted by atomic mass is 10.1. The van der Waals surface area contributed by atoms with E-state index in [1.165, 1.54) is 51.5 Å². The highest BCUT2D eigenvalue weighted by molar-refractivity contribution is 7.26. The van der Waals surface area contributed by atoms with Crippen molar-refractivity contribution in [1.82, 2.24) is 0 Å². The van der Waals surface area contributed by atoms with Gasteiger partial charge in [0.2, 0.25) is 0 Å². The van der Waals surface area contributed by atoms with Gasteiger partial charge >= 0.3 is 0 Å². The van der Waals surface area contributed by atoms with Crippen molar-refractivity contribution in [2.45, 2.75) is 27.7 Å². The first-order valence-corrected chi connectivity index (χ1v) is 12.1. The van der Waals surface area contributed by atoms with Gasteiger partial charge in [-0.15, -0.1) is 22.7 Å². The summed E-state index contributed by atoms with van der Waals surface area (Å²) in [7, 11) is 0. The quantitative estimate of drug-likeness (QED) is 0.227. The number of fused-ring (bicyclic) bond motifs is 6. The zero-order valence-electron chi connectivity index (χ0n) is 17.9. The maximum absolute atomic E-state index is 2.27. The Morgan fingerprint density at radius 1 is 0.433 bits per heavy atom. The highest BCUT2D eigenvalue weighted by Crippen LogP contribution is 2.34. The molecule has 0 fully saturated rings. The fraction of sp³-hybridized carbons (Fsp3) is 0.143. The summed E-state index contributed by atoms with van der Waals surface area (Å²) in [6.45, 7) is 8.29. The van der Waals surface area contributed by atoms with Crippen LogP contribution >= 0.6 is 22.7 Å². The third-order valence-electron chi connectivity index (χ3n) is 5.06. The number of benzene rings is 4. The van der Waals surface area contributed by atoms with Crippen molar-refractivity contribution < 1.29 is 0 Å². The first-order valence-electron chi connectivity index (χ1n) is 10.4. The van der Waals surface area contributed by atoms with Gasteiger partial charge in [-0.2, -0.15) is 0 Å². The van der Waals surface area contributed by atoms with E-state index in [1.807, 2.05) is 36.5 Å². The second-order valence-electron chi connectivity index (χ2n) is 7.20. The van der Waals surface area contributed by atoms with Crippen molar-refractivity contribution in [3.8, 4) is 0 Å². The molecule has 0 spiro atoms. The van der Waals surface area contributed by atoms with Gasteiger partial charge in [-0.25, -0.2) is 0 Å². The molecule has 0 aliphatic carbocycles. The summed E-state index contributed by atoms with van der Waals surface area (Å²) in [5.41, 5.74) is 2.67. The van der Waals surface area contributed by atoms with E-state index in [2.05, 4.69) is 98.8 Å². The zero-order chi connectivity index (χ0) is 21.1. The normalized spacial score (nSPS) is 10.7. The van der Waals surface area contributed by atoms with Crippen molar-refractivity contribution in [2.75, 3.05) is 0 Å². The van der Waals surface area contributed by atoms with Crippen molar-refractivity contribution in [3.05, 3.63) is 96.1 Å². The van der Waals surface area contributed by atoms with Gasteiger partial charge in [0.05, 0.1) is 0 Å². The van der Waals surface area contributed by atoms with Gasteiger partial charge in [-0.05, 0) is 50.2 Å². The third-order valence-corrected chi connectivity index (χ3v) is 7.37. The second kappa shape index (κ2) is 8.99. The smallest absolute Gasteiger partial charge is 0.0355 e. The Morgan fingerprint density at radius 2 is 0.800 bits per heavy atom. The summed E-state index contributed by atoms with van der Waals surface area (Å²) < 4.78 is 5.54. The van der Waals surface area contributed by atoms with Crippen LogP contribution in [0.2, 0.25) is 0 Å². The van der Waals surface area contributed by atoms with E-state index < -0.39 is 0 Å². The standard InChI is InChI=1S/2C13H10S.C2H6/c2*1-9-6-7-13-11(8-9)10-4-2-3-5-12(10)14-13;1-2/h2*2-8H,1H3;1-2H3. The molecule has 0 saturated heterocycles. The highest BCUT2D eigenvalue weighted by Gasteiger charge is 2.04. The molecular formula is C28H26S2. The van der Waals surface area contributed by atoms with Crippen LogP contribution in [-0.4, -0.2) is 0 Å². The maximum atomic E-state index is 2.27. The predicted molar refractivity (Wildman–Crippen MR) is 139 cm³/mol. The summed E-state index contributed by atoms with van der Waals surface area (Å²) in [5, 5.41) is 5.56. The Balaban J connectivity index is 0.000000134. The van der Waals surface area contributed by atoms with E-state index in [0.717, 1.165) is 0 Å². The molecule has 2 heteroatoms. The van der Waals surface area contributed by atoms with Crippen LogP contribution in [0.5, 0.6) is 0 Å². The van der Waals surface area contributed by atoms with Gasteiger partial charge in [0.1, 0.15) is 0 Å². The predicted octanol–water partition coefficient (Wildman–Crippen LogP) is 9.75. The fourth-order valence-electron chi connectivity index (χ4n) is 3.68. The summed E-state index contributed by atoms with van der Waals surface area (Å²) in [5.74, 6) is 0. The second-order valence-corrected chi connectivity index (χ2v) is 9.36. The number of aryl methyl sites for hydroxylation is 2. The number of thiophene rings is 2. The molecule has 0 amide bonds. The van der Waals surface area contributed by atoms with Gasteiger partial charge in [-0.3, -0.25) is 0 Å². The number of rotatable bonds is 0. The molecule has 30 heavy (non-hydrogen) atoms. The molecule has 2 aromatic heterocycles. The number of hydrogen-bond donors (Lipinski definition) is 0. The monoisotopic (exact) mass is 426 g/mol. The first-order chi connectivity index (χ1) is 14.7. The van der Waals surface area contributed by atoms with Gasteiger partial charge in [0, 0.05) is 40.3 Å². The van der Waals surface area contributed by atoms with E-state index in [9.17, 15) is 0 Å². The van der Waals surface area contributed by atoms with Gasteiger partial charge in [0.15, 0.2) is 0 Å². The molecule has 0 radical (unpaired) electrons. The largest absolute Gasteiger partial charge is 0.135 e. The Hall–Kier alpha value is -2.68. The van der Waals surface area contributed by atoms with Gasteiger partial charge < -0.3 is 0 Å². The average Bonchev–Trinajstić information content (AvgIpc) is 3.33. The topological polar surface area (TPSA) is 0 Å². The molecular weight excluding hydrogens is 400 g/mol. The lowest BCUT2D eigenvalue weighted by Crippen LogP contribution is -1.69. The fourth-order valence-corrected chi connectivity index (χ4v) is 5.85. The van der Waals surface area contributed by atoms with Gasteiger partial charge in [-0.1, -0.05) is 73.5 Å². The summed E-state index contributed by atoms with van der Waals surface area (Å²) in [6, 6.07) is 30.5. The molecule has 6 aromatic rings. The van der Waals surface area contributed by atoms with E-state index in [1.54, 1.807) is 0 Å². The zero-order valence-corrected chi connectivity index (χ0v) is 19.5. The Kier molecular flexibility index (Phi) is 6.17. The first kappa shape index (κ1) is 20.6. The van der Waals surface area contributed by atoms with Crippen molar-refractivity contribution in [3.63, 3.8) is 0 Å². The lowest BCUT2D eigenvalue weighted by molar-refractivity contribution is 1.50. The van der Waals surface area contributed by atoms with Crippen LogP contribution in [0.15, 0.2) is 84.9 Å². The minimum Gasteiger partial charge on any atom is -0.135 e. The van der Waals surface area contributed by atoms with E-state index in [4.69, 9.17) is 0 Å². The summed E-state index contributed by atoms with van der Waals surface area (Å²) in [6.07, 6.45) is 0. The number of hydrogen-bond acceptors (Lipinski definition) is 2. The third kappa shape index (κ3) is 3.98. The molecule has 4 aromatic carbocycles.